The van der Waals surface area contributed by atoms with Gasteiger partial charge in [0.25, 0.3) is 0 Å². The molecule has 0 unspecified atom stereocenters. The van der Waals surface area contributed by atoms with Gasteiger partial charge in [-0.15, -0.1) is 0 Å². The van der Waals surface area contributed by atoms with Crippen molar-refractivity contribution in [3.05, 3.63) is 18.5 Å². The highest BCUT2D eigenvalue weighted by Crippen LogP contribution is 2.32. The number of aromatic nitrogens is 2. The van der Waals surface area contributed by atoms with Crippen LogP contribution in [0.4, 0.5) is 4.79 Å². The van der Waals surface area contributed by atoms with E-state index >= 15 is 0 Å². The number of rotatable bonds is 7. The van der Waals surface area contributed by atoms with Crippen molar-refractivity contribution >= 4 is 12.1 Å². The van der Waals surface area contributed by atoms with E-state index in [1.54, 1.807) is 6.20 Å². The molecule has 0 atom stereocenters. The summed E-state index contributed by atoms with van der Waals surface area (Å²) < 4.78 is 7.61. The molecule has 1 N–H and O–H groups in total. The fourth-order valence-corrected chi connectivity index (χ4v) is 3.78. The number of amides is 1. The van der Waals surface area contributed by atoms with Gasteiger partial charge in [-0.1, -0.05) is 0 Å². The molecule has 0 spiro atoms. The number of nitrogens with zero attached hydrogens (tertiary/aromatic N) is 5. The van der Waals surface area contributed by atoms with E-state index in [0.29, 0.717) is 12.5 Å². The van der Waals surface area contributed by atoms with Gasteiger partial charge in [-0.25, -0.2) is 4.79 Å². The zero-order valence-electron chi connectivity index (χ0n) is 19.0. The van der Waals surface area contributed by atoms with Gasteiger partial charge in [-0.05, 0) is 65.4 Å². The molecule has 1 aliphatic heterocycles. The summed E-state index contributed by atoms with van der Waals surface area (Å²) in [4.78, 5) is 21.9. The van der Waals surface area contributed by atoms with Crippen molar-refractivity contribution in [2.75, 3.05) is 32.7 Å². The predicted octanol–water partition coefficient (Wildman–Crippen LogP) is 2.96. The quantitative estimate of drug-likeness (QED) is 0.544. The summed E-state index contributed by atoms with van der Waals surface area (Å²) in [5, 5.41) is 7.65. The monoisotopic (exact) mass is 418 g/mol. The van der Waals surface area contributed by atoms with Gasteiger partial charge in [-0.3, -0.25) is 9.67 Å². The number of hydrogen-bond donors (Lipinski definition) is 1. The second kappa shape index (κ2) is 10.2. The largest absolute Gasteiger partial charge is 0.444 e. The smallest absolute Gasteiger partial charge is 0.410 e. The zero-order valence-corrected chi connectivity index (χ0v) is 19.0. The molecule has 1 aromatic heterocycles. The molecule has 168 valence electrons. The molecule has 30 heavy (non-hydrogen) atoms. The number of carbonyl (C=O) groups excluding carboxylic acids is 1. The van der Waals surface area contributed by atoms with Crippen LogP contribution in [0.1, 0.15) is 53.4 Å². The normalized spacial score (nSPS) is 18.4. The molecule has 1 amide bonds. The maximum Gasteiger partial charge on any atom is 0.410 e. The number of piperidine rings is 1. The van der Waals surface area contributed by atoms with Crippen molar-refractivity contribution in [2.45, 2.75) is 71.6 Å². The summed E-state index contributed by atoms with van der Waals surface area (Å²) in [6, 6.07) is 2.17. The maximum atomic E-state index is 12.8. The summed E-state index contributed by atoms with van der Waals surface area (Å²) >= 11 is 0. The lowest BCUT2D eigenvalue weighted by Crippen LogP contribution is -2.52. The Morgan fingerprint density at radius 2 is 2.00 bits per heavy atom. The minimum atomic E-state index is -0.459. The fraction of sp³-hybridized carbons (Fsp3) is 0.773. The molecule has 1 aromatic rings. The van der Waals surface area contributed by atoms with Crippen LogP contribution in [0.3, 0.4) is 0 Å². The van der Waals surface area contributed by atoms with E-state index in [1.165, 1.54) is 12.8 Å². The van der Waals surface area contributed by atoms with E-state index in [-0.39, 0.29) is 12.1 Å². The van der Waals surface area contributed by atoms with Crippen molar-refractivity contribution in [1.29, 1.82) is 0 Å². The zero-order chi connectivity index (χ0) is 21.6. The molecule has 2 heterocycles. The van der Waals surface area contributed by atoms with Crippen molar-refractivity contribution in [3.63, 3.8) is 0 Å². The van der Waals surface area contributed by atoms with Crippen LogP contribution in [0.15, 0.2) is 23.5 Å². The van der Waals surface area contributed by atoms with Crippen LogP contribution < -0.4 is 5.32 Å². The van der Waals surface area contributed by atoms with Crippen molar-refractivity contribution in [3.8, 4) is 0 Å². The van der Waals surface area contributed by atoms with Gasteiger partial charge in [0.2, 0.25) is 0 Å². The Morgan fingerprint density at radius 3 is 2.57 bits per heavy atom. The van der Waals surface area contributed by atoms with Gasteiger partial charge < -0.3 is 19.9 Å². The second-order valence-electron chi connectivity index (χ2n) is 9.30. The topological polar surface area (TPSA) is 75.0 Å². The lowest BCUT2D eigenvalue weighted by Gasteiger charge is -2.40. The first-order valence-corrected chi connectivity index (χ1v) is 11.4. The van der Waals surface area contributed by atoms with E-state index in [0.717, 1.165) is 51.5 Å². The number of likely N-dealkylation sites (tertiary alicyclic amines) is 1. The number of aliphatic imine (C=N–C) groups is 1. The van der Waals surface area contributed by atoms with E-state index in [9.17, 15) is 4.79 Å². The minimum absolute atomic E-state index is 0.160. The minimum Gasteiger partial charge on any atom is -0.444 e. The number of ether oxygens (including phenoxy) is 1. The van der Waals surface area contributed by atoms with Crippen molar-refractivity contribution < 1.29 is 9.53 Å². The standard InChI is InChI=1S/C22H38N6O2/c1-5-23-20(24-12-16-27-13-6-11-25-27)26-14-9-19(10-15-26)28(17-18-7-8-18)21(29)30-22(2,3)4/h6,11,13,18-19H,5,7-10,12,14-17H2,1-4H3,(H,23,24). The average Bonchev–Trinajstić information content (AvgIpc) is 3.37. The third-order valence-electron chi connectivity index (χ3n) is 5.47. The van der Waals surface area contributed by atoms with Crippen LogP contribution in [0.5, 0.6) is 0 Å². The highest BCUT2D eigenvalue weighted by molar-refractivity contribution is 5.80. The van der Waals surface area contributed by atoms with E-state index in [4.69, 9.17) is 9.73 Å². The van der Waals surface area contributed by atoms with E-state index in [1.807, 2.05) is 42.6 Å². The number of hydrogen-bond acceptors (Lipinski definition) is 4. The Bertz CT molecular complexity index is 685. The van der Waals surface area contributed by atoms with E-state index in [2.05, 4.69) is 22.2 Å². The molecule has 1 saturated heterocycles. The molecular formula is C22H38N6O2. The fourth-order valence-electron chi connectivity index (χ4n) is 3.78. The molecule has 0 aromatic carbocycles. The Kier molecular flexibility index (Phi) is 7.61. The van der Waals surface area contributed by atoms with E-state index < -0.39 is 5.60 Å². The Morgan fingerprint density at radius 1 is 1.27 bits per heavy atom. The summed E-state index contributed by atoms with van der Waals surface area (Å²) in [7, 11) is 0. The van der Waals surface area contributed by atoms with Crippen LogP contribution in [0, 0.1) is 5.92 Å². The van der Waals surface area contributed by atoms with Gasteiger partial charge in [0.1, 0.15) is 5.60 Å². The molecule has 0 bridgehead atoms. The summed E-state index contributed by atoms with van der Waals surface area (Å²) in [5.74, 6) is 1.60. The van der Waals surface area contributed by atoms with Gasteiger partial charge >= 0.3 is 6.09 Å². The number of guanidine groups is 1. The highest BCUT2D eigenvalue weighted by Gasteiger charge is 2.35. The number of carbonyl (C=O) groups is 1. The summed E-state index contributed by atoms with van der Waals surface area (Å²) in [6.45, 7) is 12.8. The Hall–Kier alpha value is -2.25. The predicted molar refractivity (Wildman–Crippen MR) is 118 cm³/mol. The molecule has 8 nitrogen and oxygen atoms in total. The molecular weight excluding hydrogens is 380 g/mol. The van der Waals surface area contributed by atoms with Crippen LogP contribution in [0.25, 0.3) is 0 Å². The first kappa shape index (κ1) is 22.4. The first-order chi connectivity index (χ1) is 14.4. The van der Waals surface area contributed by atoms with Crippen molar-refractivity contribution in [1.82, 2.24) is 24.9 Å². The molecule has 0 radical (unpaired) electrons. The summed E-state index contributed by atoms with van der Waals surface area (Å²) in [6.07, 6.45) is 7.92. The van der Waals surface area contributed by atoms with Crippen LogP contribution in [-0.4, -0.2) is 76.0 Å². The lowest BCUT2D eigenvalue weighted by atomic mass is 10.0. The Labute approximate surface area is 180 Å². The molecule has 3 rings (SSSR count). The van der Waals surface area contributed by atoms with Crippen LogP contribution in [-0.2, 0) is 11.3 Å². The molecule has 1 aliphatic carbocycles. The summed E-state index contributed by atoms with van der Waals surface area (Å²) in [5.41, 5.74) is -0.459. The van der Waals surface area contributed by atoms with Gasteiger partial charge in [0.15, 0.2) is 5.96 Å². The highest BCUT2D eigenvalue weighted by atomic mass is 16.6. The Balaban J connectivity index is 1.56. The number of nitrogens with one attached hydrogen (secondary N) is 1. The lowest BCUT2D eigenvalue weighted by molar-refractivity contribution is 0.00928. The maximum absolute atomic E-state index is 12.8. The van der Waals surface area contributed by atoms with Gasteiger partial charge in [0.05, 0.1) is 13.1 Å². The SMILES string of the molecule is CCNC(=NCCn1cccn1)N1CCC(N(CC2CC2)C(=O)OC(C)(C)C)CC1. The third-order valence-corrected chi connectivity index (χ3v) is 5.47. The van der Waals surface area contributed by atoms with Gasteiger partial charge in [-0.2, -0.15) is 5.10 Å². The van der Waals surface area contributed by atoms with Crippen LogP contribution >= 0.6 is 0 Å². The third kappa shape index (κ3) is 6.92. The molecule has 2 fully saturated rings. The first-order valence-electron chi connectivity index (χ1n) is 11.4. The van der Waals surface area contributed by atoms with Gasteiger partial charge in [0, 0.05) is 44.6 Å². The van der Waals surface area contributed by atoms with Crippen molar-refractivity contribution in [2.24, 2.45) is 10.9 Å². The molecule has 8 heteroatoms. The molecule has 1 saturated carbocycles. The average molecular weight is 419 g/mol. The van der Waals surface area contributed by atoms with Crippen LogP contribution in [0.2, 0.25) is 0 Å². The molecule has 2 aliphatic rings. The second-order valence-corrected chi connectivity index (χ2v) is 9.30.